The standard InChI is InChI=1S/C14H21FN2O2S2/c1-2-21(18,19)14-10-20-6-5-17(14)9-11-3-4-13(15)7-12(11)8-16/h3-4,7,14H,2,5-6,8-10,16H2,1H3. The predicted molar refractivity (Wildman–Crippen MR) is 85.3 cm³/mol. The topological polar surface area (TPSA) is 63.4 Å². The van der Waals surface area contributed by atoms with Crippen molar-refractivity contribution in [2.75, 3.05) is 23.8 Å². The molecule has 1 aliphatic rings. The van der Waals surface area contributed by atoms with Gasteiger partial charge < -0.3 is 5.73 Å². The van der Waals surface area contributed by atoms with Crippen LogP contribution < -0.4 is 5.73 Å². The molecule has 1 saturated heterocycles. The van der Waals surface area contributed by atoms with Crippen LogP contribution in [0.25, 0.3) is 0 Å². The van der Waals surface area contributed by atoms with Crippen molar-refractivity contribution in [3.8, 4) is 0 Å². The fourth-order valence-corrected chi connectivity index (χ4v) is 5.56. The molecule has 1 heterocycles. The molecule has 0 saturated carbocycles. The van der Waals surface area contributed by atoms with Crippen LogP contribution in [0.2, 0.25) is 0 Å². The van der Waals surface area contributed by atoms with Crippen molar-refractivity contribution >= 4 is 21.6 Å². The van der Waals surface area contributed by atoms with Crippen molar-refractivity contribution in [2.45, 2.75) is 25.4 Å². The summed E-state index contributed by atoms with van der Waals surface area (Å²) >= 11 is 1.67. The predicted octanol–water partition coefficient (Wildman–Crippen LogP) is 1.59. The second-order valence-corrected chi connectivity index (χ2v) is 8.67. The third-order valence-corrected chi connectivity index (χ3v) is 7.10. The van der Waals surface area contributed by atoms with E-state index in [1.165, 1.54) is 12.1 Å². The first-order valence-corrected chi connectivity index (χ1v) is 9.85. The third-order valence-electron chi connectivity index (χ3n) is 3.77. The summed E-state index contributed by atoms with van der Waals surface area (Å²) in [6.45, 7) is 3.14. The first-order chi connectivity index (χ1) is 9.97. The van der Waals surface area contributed by atoms with Crippen LogP contribution >= 0.6 is 11.8 Å². The highest BCUT2D eigenvalue weighted by Crippen LogP contribution is 2.24. The Morgan fingerprint density at radius 3 is 2.86 bits per heavy atom. The zero-order valence-electron chi connectivity index (χ0n) is 12.1. The first kappa shape index (κ1) is 16.7. The number of halogens is 1. The van der Waals surface area contributed by atoms with E-state index in [1.807, 2.05) is 4.90 Å². The van der Waals surface area contributed by atoms with Gasteiger partial charge in [0.1, 0.15) is 11.2 Å². The maximum Gasteiger partial charge on any atom is 0.166 e. The number of hydrogen-bond donors (Lipinski definition) is 1. The highest BCUT2D eigenvalue weighted by Gasteiger charge is 2.32. The van der Waals surface area contributed by atoms with Crippen molar-refractivity contribution in [3.05, 3.63) is 35.1 Å². The van der Waals surface area contributed by atoms with Crippen LogP contribution in [-0.4, -0.2) is 42.5 Å². The lowest BCUT2D eigenvalue weighted by Gasteiger charge is -2.35. The Morgan fingerprint density at radius 2 is 2.19 bits per heavy atom. The molecule has 4 nitrogen and oxygen atoms in total. The van der Waals surface area contributed by atoms with Crippen molar-refractivity contribution in [1.29, 1.82) is 0 Å². The van der Waals surface area contributed by atoms with E-state index in [2.05, 4.69) is 0 Å². The summed E-state index contributed by atoms with van der Waals surface area (Å²) < 4.78 is 37.7. The fourth-order valence-electron chi connectivity index (χ4n) is 2.48. The second-order valence-electron chi connectivity index (χ2n) is 5.07. The van der Waals surface area contributed by atoms with Gasteiger partial charge in [-0.2, -0.15) is 11.8 Å². The highest BCUT2D eigenvalue weighted by molar-refractivity contribution is 8.01. The molecule has 118 valence electrons. The van der Waals surface area contributed by atoms with Crippen LogP contribution in [0.15, 0.2) is 18.2 Å². The van der Waals surface area contributed by atoms with Gasteiger partial charge in [0, 0.05) is 36.9 Å². The number of nitrogens with zero attached hydrogens (tertiary/aromatic N) is 1. The average Bonchev–Trinajstić information content (AvgIpc) is 2.49. The quantitative estimate of drug-likeness (QED) is 0.887. The Kier molecular flexibility index (Phi) is 5.65. The Morgan fingerprint density at radius 1 is 1.43 bits per heavy atom. The molecule has 1 unspecified atom stereocenters. The van der Waals surface area contributed by atoms with Gasteiger partial charge in [0.2, 0.25) is 0 Å². The van der Waals surface area contributed by atoms with E-state index in [4.69, 9.17) is 5.73 Å². The van der Waals surface area contributed by atoms with Gasteiger partial charge in [0.15, 0.2) is 9.84 Å². The molecule has 1 aromatic carbocycles. The van der Waals surface area contributed by atoms with Gasteiger partial charge in [-0.3, -0.25) is 4.90 Å². The van der Waals surface area contributed by atoms with Gasteiger partial charge in [-0.15, -0.1) is 0 Å². The molecule has 0 bridgehead atoms. The van der Waals surface area contributed by atoms with E-state index in [1.54, 1.807) is 24.8 Å². The lowest BCUT2D eigenvalue weighted by atomic mass is 10.1. The lowest BCUT2D eigenvalue weighted by molar-refractivity contribution is 0.261. The summed E-state index contributed by atoms with van der Waals surface area (Å²) in [6, 6.07) is 4.53. The normalized spacial score (nSPS) is 20.6. The molecule has 1 fully saturated rings. The first-order valence-electron chi connectivity index (χ1n) is 6.98. The van der Waals surface area contributed by atoms with Crippen LogP contribution in [0.1, 0.15) is 18.1 Å². The summed E-state index contributed by atoms with van der Waals surface area (Å²) in [5.74, 6) is 1.33. The summed E-state index contributed by atoms with van der Waals surface area (Å²) in [5, 5.41) is -0.461. The number of sulfone groups is 1. The zero-order chi connectivity index (χ0) is 15.5. The molecule has 7 heteroatoms. The molecular weight excluding hydrogens is 311 g/mol. The average molecular weight is 332 g/mol. The Labute approximate surface area is 129 Å². The highest BCUT2D eigenvalue weighted by atomic mass is 32.2. The number of rotatable bonds is 5. The van der Waals surface area contributed by atoms with Gasteiger partial charge in [-0.25, -0.2) is 12.8 Å². The molecule has 1 aromatic rings. The molecule has 2 N–H and O–H groups in total. The molecule has 0 radical (unpaired) electrons. The Balaban J connectivity index is 2.24. The van der Waals surface area contributed by atoms with Crippen molar-refractivity contribution in [3.63, 3.8) is 0 Å². The SMILES string of the molecule is CCS(=O)(=O)C1CSCCN1Cc1ccc(F)cc1CN. The smallest absolute Gasteiger partial charge is 0.166 e. The van der Waals surface area contributed by atoms with Crippen LogP contribution in [0.4, 0.5) is 4.39 Å². The zero-order valence-corrected chi connectivity index (χ0v) is 13.7. The summed E-state index contributed by atoms with van der Waals surface area (Å²) in [6.07, 6.45) is 0. The number of hydrogen-bond acceptors (Lipinski definition) is 5. The lowest BCUT2D eigenvalue weighted by Crippen LogP contribution is -2.47. The van der Waals surface area contributed by atoms with Crippen molar-refractivity contribution in [2.24, 2.45) is 5.73 Å². The van der Waals surface area contributed by atoms with Crippen LogP contribution in [0.5, 0.6) is 0 Å². The number of nitrogens with two attached hydrogens (primary N) is 1. The van der Waals surface area contributed by atoms with E-state index in [0.29, 0.717) is 12.3 Å². The molecule has 2 rings (SSSR count). The van der Waals surface area contributed by atoms with Gasteiger partial charge in [-0.1, -0.05) is 13.0 Å². The van der Waals surface area contributed by atoms with Crippen LogP contribution in [-0.2, 0) is 22.9 Å². The third kappa shape index (κ3) is 3.97. The minimum absolute atomic E-state index is 0.141. The summed E-state index contributed by atoms with van der Waals surface area (Å²) in [4.78, 5) is 1.97. The van der Waals surface area contributed by atoms with Gasteiger partial charge in [-0.05, 0) is 23.3 Å². The molecule has 0 aromatic heterocycles. The maximum atomic E-state index is 13.3. The van der Waals surface area contributed by atoms with Gasteiger partial charge in [0.05, 0.1) is 0 Å². The van der Waals surface area contributed by atoms with Crippen molar-refractivity contribution in [1.82, 2.24) is 4.90 Å². The second kappa shape index (κ2) is 7.09. The monoisotopic (exact) mass is 332 g/mol. The minimum Gasteiger partial charge on any atom is -0.326 e. The maximum absolute atomic E-state index is 13.3. The largest absolute Gasteiger partial charge is 0.326 e. The van der Waals surface area contributed by atoms with Crippen LogP contribution in [0, 0.1) is 5.82 Å². The Hall–Kier alpha value is -0.630. The summed E-state index contributed by atoms with van der Waals surface area (Å²) in [7, 11) is -3.12. The fraction of sp³-hybridized carbons (Fsp3) is 0.571. The number of thioether (sulfide) groups is 1. The number of benzene rings is 1. The molecular formula is C14H21FN2O2S2. The molecule has 0 spiro atoms. The van der Waals surface area contributed by atoms with E-state index in [-0.39, 0.29) is 18.1 Å². The Bertz CT molecular complexity index is 593. The molecule has 21 heavy (non-hydrogen) atoms. The van der Waals surface area contributed by atoms with Crippen LogP contribution in [0.3, 0.4) is 0 Å². The van der Waals surface area contributed by atoms with Gasteiger partial charge >= 0.3 is 0 Å². The molecule has 0 aliphatic carbocycles. The van der Waals surface area contributed by atoms with E-state index in [9.17, 15) is 12.8 Å². The van der Waals surface area contributed by atoms with E-state index >= 15 is 0 Å². The van der Waals surface area contributed by atoms with E-state index < -0.39 is 15.2 Å². The van der Waals surface area contributed by atoms with E-state index in [0.717, 1.165) is 23.4 Å². The summed E-state index contributed by atoms with van der Waals surface area (Å²) in [5.41, 5.74) is 7.31. The molecule has 0 amide bonds. The molecule has 1 aliphatic heterocycles. The van der Waals surface area contributed by atoms with Gasteiger partial charge in [0.25, 0.3) is 0 Å². The minimum atomic E-state index is -3.12. The molecule has 1 atom stereocenters. The van der Waals surface area contributed by atoms with Crippen molar-refractivity contribution < 1.29 is 12.8 Å².